The zero-order valence-corrected chi connectivity index (χ0v) is 19.0. The van der Waals surface area contributed by atoms with Crippen LogP contribution in [0.1, 0.15) is 24.1 Å². The number of carbonyl (C=O) groups excluding carboxylic acids is 1. The van der Waals surface area contributed by atoms with E-state index in [0.29, 0.717) is 6.54 Å². The second-order valence-electron chi connectivity index (χ2n) is 8.69. The first-order valence-electron chi connectivity index (χ1n) is 11.4. The average molecular weight is 438 g/mol. The normalized spacial score (nSPS) is 16.1. The number of aryl methyl sites for hydroxylation is 2. The third kappa shape index (κ3) is 4.42. The van der Waals surface area contributed by atoms with Crippen molar-refractivity contribution in [3.63, 3.8) is 0 Å². The maximum Gasteiger partial charge on any atom is 0.229 e. The first-order chi connectivity index (χ1) is 16.1. The lowest BCUT2D eigenvalue weighted by molar-refractivity contribution is -0.120. The monoisotopic (exact) mass is 437 g/mol. The Bertz CT molecular complexity index is 1300. The molecule has 0 aliphatic carbocycles. The number of pyridine rings is 1. The van der Waals surface area contributed by atoms with Crippen LogP contribution >= 0.6 is 0 Å². The van der Waals surface area contributed by atoms with Crippen molar-refractivity contribution in [2.75, 3.05) is 23.3 Å². The average Bonchev–Trinajstić information content (AvgIpc) is 2.84. The molecule has 1 N–H and O–H groups in total. The molecule has 1 aliphatic heterocycles. The molecule has 2 aromatic carbocycles. The maximum absolute atomic E-state index is 13.2. The molecule has 33 heavy (non-hydrogen) atoms. The van der Waals surface area contributed by atoms with E-state index in [0.717, 1.165) is 58.7 Å². The van der Waals surface area contributed by atoms with Crippen molar-refractivity contribution >= 4 is 28.3 Å². The lowest BCUT2D eigenvalue weighted by Gasteiger charge is -2.32. The summed E-state index contributed by atoms with van der Waals surface area (Å²) in [6.45, 7) is 5.53. The van der Waals surface area contributed by atoms with Crippen LogP contribution in [0.5, 0.6) is 0 Å². The van der Waals surface area contributed by atoms with E-state index in [2.05, 4.69) is 44.5 Å². The minimum atomic E-state index is -0.108. The molecule has 1 saturated heterocycles. The van der Waals surface area contributed by atoms with Gasteiger partial charge in [0, 0.05) is 29.7 Å². The SMILES string of the molecule is Cc1cc(NC(=O)C2CCCN(c3ccc(-c4ccccc4C)nn3)C2)c2ccccc2n1. The molecular formula is C27H27N5O. The summed E-state index contributed by atoms with van der Waals surface area (Å²) in [5.74, 6) is 0.749. The molecule has 3 heterocycles. The van der Waals surface area contributed by atoms with Crippen LogP contribution in [0.15, 0.2) is 66.7 Å². The molecule has 6 nitrogen and oxygen atoms in total. The number of carbonyl (C=O) groups is 1. The minimum absolute atomic E-state index is 0.0416. The van der Waals surface area contributed by atoms with E-state index in [1.54, 1.807) is 0 Å². The molecule has 6 heteroatoms. The highest BCUT2D eigenvalue weighted by atomic mass is 16.1. The van der Waals surface area contributed by atoms with Crippen LogP contribution in [0.3, 0.4) is 0 Å². The van der Waals surface area contributed by atoms with Gasteiger partial charge in [-0.1, -0.05) is 42.5 Å². The molecule has 0 bridgehead atoms. The Kier molecular flexibility index (Phi) is 5.73. The highest BCUT2D eigenvalue weighted by Crippen LogP contribution is 2.27. The molecule has 1 unspecified atom stereocenters. The summed E-state index contributed by atoms with van der Waals surface area (Å²) in [7, 11) is 0. The number of nitrogens with zero attached hydrogens (tertiary/aromatic N) is 4. The molecule has 4 aromatic rings. The van der Waals surface area contributed by atoms with E-state index in [9.17, 15) is 4.79 Å². The first kappa shape index (κ1) is 21.1. The molecule has 2 aromatic heterocycles. The standard InChI is InChI=1S/C27H27N5O/c1-18-8-3-4-10-21(18)24-13-14-26(31-30-24)32-15-7-9-20(17-32)27(33)29-25-16-19(2)28-23-12-6-5-11-22(23)25/h3-6,8,10-14,16,20H,7,9,15,17H2,1-2H3,(H,28,29,33). The van der Waals surface area contributed by atoms with E-state index < -0.39 is 0 Å². The summed E-state index contributed by atoms with van der Waals surface area (Å²) in [4.78, 5) is 19.9. The van der Waals surface area contributed by atoms with Gasteiger partial charge < -0.3 is 10.2 Å². The van der Waals surface area contributed by atoms with E-state index in [1.807, 2.05) is 61.5 Å². The fraction of sp³-hybridized carbons (Fsp3) is 0.259. The van der Waals surface area contributed by atoms with Crippen LogP contribution in [0.25, 0.3) is 22.2 Å². The Morgan fingerprint density at radius 3 is 2.64 bits per heavy atom. The molecule has 1 amide bonds. The Morgan fingerprint density at radius 1 is 1.00 bits per heavy atom. The zero-order chi connectivity index (χ0) is 22.8. The van der Waals surface area contributed by atoms with Gasteiger partial charge in [-0.25, -0.2) is 0 Å². The van der Waals surface area contributed by atoms with Crippen LogP contribution in [-0.4, -0.2) is 34.2 Å². The number of amides is 1. The first-order valence-corrected chi connectivity index (χ1v) is 11.4. The molecule has 5 rings (SSSR count). The Hall–Kier alpha value is -3.80. The van der Waals surface area contributed by atoms with Crippen LogP contribution in [0.4, 0.5) is 11.5 Å². The number of aromatic nitrogens is 3. The van der Waals surface area contributed by atoms with Gasteiger partial charge in [-0.05, 0) is 56.5 Å². The second kappa shape index (κ2) is 8.98. The predicted octanol–water partition coefficient (Wildman–Crippen LogP) is 5.16. The summed E-state index contributed by atoms with van der Waals surface area (Å²) in [6, 6.07) is 22.0. The van der Waals surface area contributed by atoms with Gasteiger partial charge in [-0.15, -0.1) is 10.2 Å². The summed E-state index contributed by atoms with van der Waals surface area (Å²) < 4.78 is 0. The quantitative estimate of drug-likeness (QED) is 0.477. The van der Waals surface area contributed by atoms with Crippen molar-refractivity contribution in [2.24, 2.45) is 5.92 Å². The summed E-state index contributed by atoms with van der Waals surface area (Å²) in [5, 5.41) is 13.1. The molecule has 1 aliphatic rings. The number of hydrogen-bond acceptors (Lipinski definition) is 5. The summed E-state index contributed by atoms with van der Waals surface area (Å²) in [6.07, 6.45) is 1.80. The lowest BCUT2D eigenvalue weighted by Crippen LogP contribution is -2.41. The molecule has 1 fully saturated rings. The fourth-order valence-electron chi connectivity index (χ4n) is 4.54. The number of piperidine rings is 1. The number of para-hydroxylation sites is 1. The Balaban J connectivity index is 1.31. The van der Waals surface area contributed by atoms with Gasteiger partial charge in [-0.2, -0.15) is 0 Å². The molecule has 0 saturated carbocycles. The van der Waals surface area contributed by atoms with Gasteiger partial charge >= 0.3 is 0 Å². The van der Waals surface area contributed by atoms with Crippen molar-refractivity contribution in [1.82, 2.24) is 15.2 Å². The van der Waals surface area contributed by atoms with Crippen LogP contribution in [0.2, 0.25) is 0 Å². The van der Waals surface area contributed by atoms with Crippen LogP contribution in [-0.2, 0) is 4.79 Å². The van der Waals surface area contributed by atoms with Gasteiger partial charge in [0.2, 0.25) is 5.91 Å². The highest BCUT2D eigenvalue weighted by molar-refractivity contribution is 6.02. The number of benzene rings is 2. The van der Waals surface area contributed by atoms with E-state index >= 15 is 0 Å². The number of nitrogens with one attached hydrogen (secondary N) is 1. The third-order valence-corrected chi connectivity index (χ3v) is 6.29. The van der Waals surface area contributed by atoms with Gasteiger partial charge in [0.25, 0.3) is 0 Å². The van der Waals surface area contributed by atoms with Gasteiger partial charge in [-0.3, -0.25) is 9.78 Å². The largest absolute Gasteiger partial charge is 0.354 e. The summed E-state index contributed by atoms with van der Waals surface area (Å²) in [5.41, 5.74) is 5.73. The summed E-state index contributed by atoms with van der Waals surface area (Å²) >= 11 is 0. The van der Waals surface area contributed by atoms with Crippen molar-refractivity contribution in [3.8, 4) is 11.3 Å². The van der Waals surface area contributed by atoms with Gasteiger partial charge in [0.05, 0.1) is 22.8 Å². The van der Waals surface area contributed by atoms with Crippen molar-refractivity contribution in [1.29, 1.82) is 0 Å². The fourth-order valence-corrected chi connectivity index (χ4v) is 4.54. The van der Waals surface area contributed by atoms with Crippen molar-refractivity contribution in [2.45, 2.75) is 26.7 Å². The van der Waals surface area contributed by atoms with Crippen LogP contribution in [0, 0.1) is 19.8 Å². The van der Waals surface area contributed by atoms with Crippen molar-refractivity contribution in [3.05, 3.63) is 78.0 Å². The van der Waals surface area contributed by atoms with E-state index in [1.165, 1.54) is 5.56 Å². The predicted molar refractivity (Wildman–Crippen MR) is 132 cm³/mol. The molecule has 1 atom stereocenters. The topological polar surface area (TPSA) is 71.0 Å². The molecular weight excluding hydrogens is 410 g/mol. The number of hydrogen-bond donors (Lipinski definition) is 1. The van der Waals surface area contributed by atoms with E-state index in [4.69, 9.17) is 0 Å². The van der Waals surface area contributed by atoms with Crippen LogP contribution < -0.4 is 10.2 Å². The smallest absolute Gasteiger partial charge is 0.229 e. The lowest BCUT2D eigenvalue weighted by atomic mass is 9.96. The maximum atomic E-state index is 13.2. The number of anilines is 2. The Labute approximate surface area is 193 Å². The van der Waals surface area contributed by atoms with Crippen molar-refractivity contribution < 1.29 is 4.79 Å². The Morgan fingerprint density at radius 2 is 1.82 bits per heavy atom. The zero-order valence-electron chi connectivity index (χ0n) is 19.0. The van der Waals surface area contributed by atoms with Gasteiger partial charge in [0.1, 0.15) is 0 Å². The number of fused-ring (bicyclic) bond motifs is 1. The second-order valence-corrected chi connectivity index (χ2v) is 8.69. The third-order valence-electron chi connectivity index (χ3n) is 6.29. The van der Waals surface area contributed by atoms with Gasteiger partial charge in [0.15, 0.2) is 5.82 Å². The van der Waals surface area contributed by atoms with E-state index in [-0.39, 0.29) is 11.8 Å². The minimum Gasteiger partial charge on any atom is -0.354 e. The molecule has 0 radical (unpaired) electrons. The number of rotatable bonds is 4. The highest BCUT2D eigenvalue weighted by Gasteiger charge is 2.27. The molecule has 0 spiro atoms. The molecule has 166 valence electrons.